The highest BCUT2D eigenvalue weighted by atomic mass is 16.2. The second-order valence-corrected chi connectivity index (χ2v) is 7.20. The molecule has 2 aliphatic rings. The zero-order valence-electron chi connectivity index (χ0n) is 14.9. The first-order valence-electron chi connectivity index (χ1n) is 9.46. The van der Waals surface area contributed by atoms with Crippen LogP contribution in [-0.2, 0) is 9.59 Å². The normalized spacial score (nSPS) is 22.5. The van der Waals surface area contributed by atoms with Gasteiger partial charge in [-0.3, -0.25) is 9.59 Å². The van der Waals surface area contributed by atoms with E-state index in [1.165, 1.54) is 0 Å². The summed E-state index contributed by atoms with van der Waals surface area (Å²) in [6, 6.07) is 13.9. The summed E-state index contributed by atoms with van der Waals surface area (Å²) in [6.07, 6.45) is 7.49. The van der Waals surface area contributed by atoms with Crippen molar-refractivity contribution in [1.82, 2.24) is 4.90 Å². The minimum absolute atomic E-state index is 0.0525. The van der Waals surface area contributed by atoms with Gasteiger partial charge in [-0.15, -0.1) is 0 Å². The lowest BCUT2D eigenvalue weighted by Gasteiger charge is -2.30. The Morgan fingerprint density at radius 2 is 1.58 bits per heavy atom. The summed E-state index contributed by atoms with van der Waals surface area (Å²) in [7, 11) is 0. The van der Waals surface area contributed by atoms with Gasteiger partial charge < -0.3 is 10.2 Å². The third-order valence-corrected chi connectivity index (χ3v) is 5.55. The average molecular weight is 348 g/mol. The molecule has 0 aromatic heterocycles. The molecule has 134 valence electrons. The fourth-order valence-corrected chi connectivity index (χ4v) is 4.11. The zero-order chi connectivity index (χ0) is 17.9. The van der Waals surface area contributed by atoms with Crippen molar-refractivity contribution >= 4 is 28.3 Å². The number of allylic oxidation sites excluding steroid dienone is 2. The van der Waals surface area contributed by atoms with E-state index in [0.29, 0.717) is 12.8 Å². The number of fused-ring (bicyclic) bond motifs is 1. The first-order valence-corrected chi connectivity index (χ1v) is 9.46. The van der Waals surface area contributed by atoms with Crippen LogP contribution < -0.4 is 5.32 Å². The molecule has 2 amide bonds. The highest BCUT2D eigenvalue weighted by Gasteiger charge is 2.37. The van der Waals surface area contributed by atoms with Crippen LogP contribution in [0.25, 0.3) is 10.8 Å². The van der Waals surface area contributed by atoms with Crippen LogP contribution in [0, 0.1) is 11.8 Å². The van der Waals surface area contributed by atoms with Crippen LogP contribution in [0.15, 0.2) is 54.6 Å². The maximum Gasteiger partial charge on any atom is 0.228 e. The molecule has 2 aromatic rings. The summed E-state index contributed by atoms with van der Waals surface area (Å²) in [4.78, 5) is 27.8. The number of hydrogen-bond acceptors (Lipinski definition) is 2. The first kappa shape index (κ1) is 16.8. The Balaban J connectivity index is 1.55. The van der Waals surface area contributed by atoms with E-state index in [9.17, 15) is 9.59 Å². The number of nitrogens with zero attached hydrogens (tertiary/aromatic N) is 1. The molecule has 0 bridgehead atoms. The van der Waals surface area contributed by atoms with E-state index < -0.39 is 0 Å². The maximum absolute atomic E-state index is 13.0. The summed E-state index contributed by atoms with van der Waals surface area (Å²) in [5.74, 6) is -0.451. The molecule has 4 heteroatoms. The molecule has 2 aromatic carbocycles. The average Bonchev–Trinajstić information content (AvgIpc) is 3.22. The Morgan fingerprint density at radius 3 is 2.38 bits per heavy atom. The molecule has 1 N–H and O–H groups in total. The van der Waals surface area contributed by atoms with Gasteiger partial charge in [-0.05, 0) is 37.1 Å². The minimum atomic E-state index is -0.299. The Morgan fingerprint density at radius 1 is 0.885 bits per heavy atom. The number of rotatable bonds is 3. The van der Waals surface area contributed by atoms with Gasteiger partial charge in [0.2, 0.25) is 11.8 Å². The van der Waals surface area contributed by atoms with E-state index in [2.05, 4.69) is 5.32 Å². The van der Waals surface area contributed by atoms with Crippen LogP contribution >= 0.6 is 0 Å². The zero-order valence-corrected chi connectivity index (χ0v) is 14.9. The van der Waals surface area contributed by atoms with E-state index in [1.807, 2.05) is 59.5 Å². The lowest BCUT2D eigenvalue weighted by molar-refractivity contribution is -0.139. The number of hydrogen-bond donors (Lipinski definition) is 1. The van der Waals surface area contributed by atoms with Crippen LogP contribution in [0.5, 0.6) is 0 Å². The Kier molecular flexibility index (Phi) is 4.74. The van der Waals surface area contributed by atoms with E-state index in [-0.39, 0.29) is 23.7 Å². The number of amides is 2. The van der Waals surface area contributed by atoms with Crippen LogP contribution in [0.1, 0.15) is 25.7 Å². The van der Waals surface area contributed by atoms with Gasteiger partial charge in [0.05, 0.1) is 11.8 Å². The third kappa shape index (κ3) is 3.24. The SMILES string of the molecule is O=C(Nc1cccc2ccccc12)C1CC=CCC1C(=O)N1CCCC1. The summed E-state index contributed by atoms with van der Waals surface area (Å²) < 4.78 is 0. The van der Waals surface area contributed by atoms with E-state index in [1.54, 1.807) is 0 Å². The molecule has 0 spiro atoms. The quantitative estimate of drug-likeness (QED) is 0.853. The van der Waals surface area contributed by atoms with Crippen LogP contribution in [0.4, 0.5) is 5.69 Å². The summed E-state index contributed by atoms with van der Waals surface area (Å²) in [5.41, 5.74) is 0.815. The van der Waals surface area contributed by atoms with Gasteiger partial charge in [0.25, 0.3) is 0 Å². The van der Waals surface area contributed by atoms with Crippen molar-refractivity contribution in [2.24, 2.45) is 11.8 Å². The second kappa shape index (κ2) is 7.32. The molecule has 0 radical (unpaired) electrons. The van der Waals surface area contributed by atoms with Gasteiger partial charge >= 0.3 is 0 Å². The Hall–Kier alpha value is -2.62. The summed E-state index contributed by atoms with van der Waals surface area (Å²) >= 11 is 0. The second-order valence-electron chi connectivity index (χ2n) is 7.20. The van der Waals surface area contributed by atoms with Crippen molar-refractivity contribution in [2.45, 2.75) is 25.7 Å². The van der Waals surface area contributed by atoms with E-state index >= 15 is 0 Å². The molecule has 1 aliphatic carbocycles. The molecule has 1 heterocycles. The van der Waals surface area contributed by atoms with Gasteiger partial charge in [0, 0.05) is 24.2 Å². The Bertz CT molecular complexity index is 847. The lowest BCUT2D eigenvalue weighted by atomic mass is 9.81. The number of nitrogens with one attached hydrogen (secondary N) is 1. The fourth-order valence-electron chi connectivity index (χ4n) is 4.11. The predicted octanol–water partition coefficient (Wildman–Crippen LogP) is 3.98. The fraction of sp³-hybridized carbons (Fsp3) is 0.364. The third-order valence-electron chi connectivity index (χ3n) is 5.55. The van der Waals surface area contributed by atoms with Gasteiger partial charge in [0.15, 0.2) is 0 Å². The number of anilines is 1. The summed E-state index contributed by atoms with van der Waals surface area (Å²) in [6.45, 7) is 1.66. The molecular weight excluding hydrogens is 324 g/mol. The van der Waals surface area contributed by atoms with Gasteiger partial charge in [0.1, 0.15) is 0 Å². The van der Waals surface area contributed by atoms with Gasteiger partial charge in [-0.2, -0.15) is 0 Å². The molecule has 2 unspecified atom stereocenters. The molecular formula is C22H24N2O2. The van der Waals surface area contributed by atoms with Crippen molar-refractivity contribution < 1.29 is 9.59 Å². The van der Waals surface area contributed by atoms with Gasteiger partial charge in [-0.25, -0.2) is 0 Å². The lowest BCUT2D eigenvalue weighted by Crippen LogP contribution is -2.42. The summed E-state index contributed by atoms with van der Waals surface area (Å²) in [5, 5.41) is 5.21. The van der Waals surface area contributed by atoms with Crippen molar-refractivity contribution in [2.75, 3.05) is 18.4 Å². The van der Waals surface area contributed by atoms with Crippen LogP contribution in [0.2, 0.25) is 0 Å². The number of carbonyl (C=O) groups excluding carboxylic acids is 2. The van der Waals surface area contributed by atoms with E-state index in [0.717, 1.165) is 42.4 Å². The minimum Gasteiger partial charge on any atom is -0.342 e. The van der Waals surface area contributed by atoms with Crippen molar-refractivity contribution in [3.8, 4) is 0 Å². The smallest absolute Gasteiger partial charge is 0.228 e. The molecule has 26 heavy (non-hydrogen) atoms. The topological polar surface area (TPSA) is 49.4 Å². The van der Waals surface area contributed by atoms with Crippen LogP contribution in [-0.4, -0.2) is 29.8 Å². The number of likely N-dealkylation sites (tertiary alicyclic amines) is 1. The highest BCUT2D eigenvalue weighted by molar-refractivity contribution is 6.04. The molecule has 4 nitrogen and oxygen atoms in total. The molecule has 1 aliphatic heterocycles. The first-order chi connectivity index (χ1) is 12.7. The Labute approximate surface area is 153 Å². The molecule has 1 saturated heterocycles. The standard InChI is InChI=1S/C22H24N2O2/c25-21(23-20-13-7-9-16-8-1-2-10-17(16)20)18-11-3-4-12-19(18)22(26)24-14-5-6-15-24/h1-4,7-10,13,18-19H,5-6,11-12,14-15H2,(H,23,25). The van der Waals surface area contributed by atoms with Crippen molar-refractivity contribution in [3.05, 3.63) is 54.6 Å². The van der Waals surface area contributed by atoms with E-state index in [4.69, 9.17) is 0 Å². The predicted molar refractivity (Wildman–Crippen MR) is 104 cm³/mol. The molecule has 2 atom stereocenters. The molecule has 0 saturated carbocycles. The molecule has 4 rings (SSSR count). The van der Waals surface area contributed by atoms with Crippen molar-refractivity contribution in [3.63, 3.8) is 0 Å². The maximum atomic E-state index is 13.0. The monoisotopic (exact) mass is 348 g/mol. The highest BCUT2D eigenvalue weighted by Crippen LogP contribution is 2.31. The van der Waals surface area contributed by atoms with Crippen molar-refractivity contribution in [1.29, 1.82) is 0 Å². The van der Waals surface area contributed by atoms with Gasteiger partial charge in [-0.1, -0.05) is 48.6 Å². The number of carbonyl (C=O) groups is 2. The van der Waals surface area contributed by atoms with Crippen LogP contribution in [0.3, 0.4) is 0 Å². The largest absolute Gasteiger partial charge is 0.342 e. The molecule has 1 fully saturated rings. The number of benzene rings is 2.